The van der Waals surface area contributed by atoms with E-state index in [0.717, 1.165) is 0 Å². The highest BCUT2D eigenvalue weighted by Crippen LogP contribution is 2.21. The van der Waals surface area contributed by atoms with E-state index in [-0.39, 0.29) is 11.3 Å². The summed E-state index contributed by atoms with van der Waals surface area (Å²) < 4.78 is 5.32. The lowest BCUT2D eigenvalue weighted by Gasteiger charge is -2.15. The van der Waals surface area contributed by atoms with Crippen LogP contribution >= 0.6 is 0 Å². The van der Waals surface area contributed by atoms with E-state index >= 15 is 0 Å². The number of nitrogens with two attached hydrogens (primary N) is 1. The van der Waals surface area contributed by atoms with Gasteiger partial charge in [-0.05, 0) is 31.5 Å². The fraction of sp³-hybridized carbons (Fsp3) is 0.250. The summed E-state index contributed by atoms with van der Waals surface area (Å²) in [6, 6.07) is 3.33. The molecule has 0 saturated carbocycles. The van der Waals surface area contributed by atoms with Crippen molar-refractivity contribution in [3.63, 3.8) is 0 Å². The summed E-state index contributed by atoms with van der Waals surface area (Å²) in [4.78, 5) is 32.8. The number of hydrogen-bond donors (Lipinski definition) is 3. The van der Waals surface area contributed by atoms with Gasteiger partial charge in [-0.15, -0.1) is 0 Å². The number of carboxylic acid groups (broad SMARTS) is 1. The average Bonchev–Trinajstić information content (AvgIpc) is 2.30. The number of amides is 3. The third-order valence-corrected chi connectivity index (χ3v) is 2.35. The number of aryl methyl sites for hydroxylation is 1. The van der Waals surface area contributed by atoms with Crippen LogP contribution in [0.1, 0.15) is 22.8 Å². The lowest BCUT2D eigenvalue weighted by molar-refractivity contribution is -0.126. The molecule has 0 aliphatic rings. The molecule has 1 rings (SSSR count). The Balaban J connectivity index is 2.86. The summed E-state index contributed by atoms with van der Waals surface area (Å²) in [5.41, 5.74) is 5.53. The second-order valence-electron chi connectivity index (χ2n) is 3.90. The van der Waals surface area contributed by atoms with Crippen LogP contribution in [0.2, 0.25) is 0 Å². The summed E-state index contributed by atoms with van der Waals surface area (Å²) in [7, 11) is 0. The SMILES string of the molecule is Cc1ccc(C(=O)O)cc1OC(C)C(=O)NC(N)=O. The van der Waals surface area contributed by atoms with E-state index in [4.69, 9.17) is 15.6 Å². The van der Waals surface area contributed by atoms with Gasteiger partial charge in [-0.1, -0.05) is 6.07 Å². The Morgan fingerprint density at radius 3 is 2.53 bits per heavy atom. The normalized spacial score (nSPS) is 11.5. The minimum Gasteiger partial charge on any atom is -0.481 e. The molecule has 0 aliphatic heterocycles. The Morgan fingerprint density at radius 1 is 1.37 bits per heavy atom. The highest BCUT2D eigenvalue weighted by Gasteiger charge is 2.17. The predicted octanol–water partition coefficient (Wildman–Crippen LogP) is 0.655. The molecular formula is C12H14N2O5. The van der Waals surface area contributed by atoms with Gasteiger partial charge in [0.15, 0.2) is 6.10 Å². The Labute approximate surface area is 109 Å². The maximum absolute atomic E-state index is 11.4. The molecule has 0 aliphatic carbocycles. The minimum absolute atomic E-state index is 0.0445. The number of aromatic carboxylic acids is 1. The molecule has 4 N–H and O–H groups in total. The van der Waals surface area contributed by atoms with Crippen LogP contribution in [-0.4, -0.2) is 29.1 Å². The number of nitrogens with one attached hydrogen (secondary N) is 1. The van der Waals surface area contributed by atoms with Crippen LogP contribution in [0, 0.1) is 6.92 Å². The molecule has 0 spiro atoms. The zero-order valence-corrected chi connectivity index (χ0v) is 10.5. The average molecular weight is 266 g/mol. The molecule has 19 heavy (non-hydrogen) atoms. The maximum Gasteiger partial charge on any atom is 0.335 e. The number of carbonyl (C=O) groups excluding carboxylic acids is 2. The van der Waals surface area contributed by atoms with Crippen LogP contribution in [0.5, 0.6) is 5.75 Å². The third-order valence-electron chi connectivity index (χ3n) is 2.35. The number of rotatable bonds is 4. The van der Waals surface area contributed by atoms with E-state index in [1.807, 2.05) is 5.32 Å². The summed E-state index contributed by atoms with van der Waals surface area (Å²) >= 11 is 0. The molecule has 1 aromatic rings. The number of urea groups is 1. The number of imide groups is 1. The number of hydrogen-bond acceptors (Lipinski definition) is 4. The predicted molar refractivity (Wildman–Crippen MR) is 66.0 cm³/mol. The van der Waals surface area contributed by atoms with Crippen LogP contribution in [0.3, 0.4) is 0 Å². The molecule has 7 heteroatoms. The molecule has 1 aromatic carbocycles. The summed E-state index contributed by atoms with van der Waals surface area (Å²) in [6.07, 6.45) is -0.977. The van der Waals surface area contributed by atoms with Gasteiger partial charge in [-0.2, -0.15) is 0 Å². The zero-order chi connectivity index (χ0) is 14.6. The Hall–Kier alpha value is -2.57. The van der Waals surface area contributed by atoms with Gasteiger partial charge < -0.3 is 15.6 Å². The van der Waals surface area contributed by atoms with E-state index in [1.54, 1.807) is 13.0 Å². The Kier molecular flexibility index (Phi) is 4.46. The molecule has 3 amide bonds. The summed E-state index contributed by atoms with van der Waals surface area (Å²) in [5, 5.41) is 10.7. The molecule has 1 unspecified atom stereocenters. The minimum atomic E-state index is -1.10. The maximum atomic E-state index is 11.4. The van der Waals surface area contributed by atoms with Crippen LogP contribution in [0.4, 0.5) is 4.79 Å². The molecule has 1 atom stereocenters. The van der Waals surface area contributed by atoms with E-state index in [9.17, 15) is 14.4 Å². The molecule has 7 nitrogen and oxygen atoms in total. The molecule has 0 radical (unpaired) electrons. The fourth-order valence-electron chi connectivity index (χ4n) is 1.33. The van der Waals surface area contributed by atoms with Crippen molar-refractivity contribution < 1.29 is 24.2 Å². The van der Waals surface area contributed by atoms with E-state index in [0.29, 0.717) is 5.56 Å². The van der Waals surface area contributed by atoms with Gasteiger partial charge in [0.25, 0.3) is 5.91 Å². The monoisotopic (exact) mass is 266 g/mol. The van der Waals surface area contributed by atoms with Gasteiger partial charge >= 0.3 is 12.0 Å². The van der Waals surface area contributed by atoms with E-state index in [2.05, 4.69) is 0 Å². The van der Waals surface area contributed by atoms with Gasteiger partial charge in [0.1, 0.15) is 5.75 Å². The number of carbonyl (C=O) groups is 3. The number of primary amides is 1. The summed E-state index contributed by atoms with van der Waals surface area (Å²) in [6.45, 7) is 3.13. The molecule has 0 bridgehead atoms. The second kappa shape index (κ2) is 5.85. The van der Waals surface area contributed by atoms with E-state index in [1.165, 1.54) is 19.1 Å². The molecule has 0 fully saturated rings. The van der Waals surface area contributed by atoms with Gasteiger partial charge in [0.2, 0.25) is 0 Å². The van der Waals surface area contributed by atoms with Crippen molar-refractivity contribution in [1.29, 1.82) is 0 Å². The van der Waals surface area contributed by atoms with Crippen molar-refractivity contribution in [1.82, 2.24) is 5.32 Å². The Morgan fingerprint density at radius 2 is 2.00 bits per heavy atom. The van der Waals surface area contributed by atoms with E-state index < -0.39 is 24.0 Å². The van der Waals surface area contributed by atoms with Gasteiger partial charge in [0.05, 0.1) is 5.56 Å². The largest absolute Gasteiger partial charge is 0.481 e. The van der Waals surface area contributed by atoms with Gasteiger partial charge in [0, 0.05) is 0 Å². The van der Waals surface area contributed by atoms with Crippen molar-refractivity contribution in [2.45, 2.75) is 20.0 Å². The first-order chi connectivity index (χ1) is 8.81. The number of benzene rings is 1. The van der Waals surface area contributed by atoms with Crippen LogP contribution in [-0.2, 0) is 4.79 Å². The second-order valence-corrected chi connectivity index (χ2v) is 3.90. The standard InChI is InChI=1S/C12H14N2O5/c1-6-3-4-8(11(16)17)5-9(6)19-7(2)10(15)14-12(13)18/h3-5,7H,1-2H3,(H,16,17)(H3,13,14,15,18). The molecule has 0 saturated heterocycles. The fourth-order valence-corrected chi connectivity index (χ4v) is 1.33. The first-order valence-electron chi connectivity index (χ1n) is 5.42. The number of ether oxygens (including phenoxy) is 1. The topological polar surface area (TPSA) is 119 Å². The highest BCUT2D eigenvalue weighted by atomic mass is 16.5. The van der Waals surface area contributed by atoms with Crippen molar-refractivity contribution in [3.05, 3.63) is 29.3 Å². The summed E-state index contributed by atoms with van der Waals surface area (Å²) in [5.74, 6) is -1.54. The van der Waals surface area contributed by atoms with Crippen molar-refractivity contribution in [2.24, 2.45) is 5.73 Å². The first-order valence-corrected chi connectivity index (χ1v) is 5.42. The third kappa shape index (κ3) is 3.98. The molecule has 102 valence electrons. The first kappa shape index (κ1) is 14.5. The zero-order valence-electron chi connectivity index (χ0n) is 10.5. The lowest BCUT2D eigenvalue weighted by atomic mass is 10.1. The molecular weight excluding hydrogens is 252 g/mol. The Bertz CT molecular complexity index is 527. The quantitative estimate of drug-likeness (QED) is 0.739. The molecule has 0 heterocycles. The smallest absolute Gasteiger partial charge is 0.335 e. The van der Waals surface area contributed by atoms with Crippen LogP contribution in [0.15, 0.2) is 18.2 Å². The highest BCUT2D eigenvalue weighted by molar-refractivity contribution is 5.95. The van der Waals surface area contributed by atoms with Crippen LogP contribution < -0.4 is 15.8 Å². The lowest BCUT2D eigenvalue weighted by Crippen LogP contribution is -2.42. The van der Waals surface area contributed by atoms with Crippen molar-refractivity contribution in [2.75, 3.05) is 0 Å². The molecule has 0 aromatic heterocycles. The van der Waals surface area contributed by atoms with Gasteiger partial charge in [-0.25, -0.2) is 9.59 Å². The van der Waals surface area contributed by atoms with Crippen molar-refractivity contribution >= 4 is 17.9 Å². The van der Waals surface area contributed by atoms with Crippen molar-refractivity contribution in [3.8, 4) is 5.75 Å². The van der Waals surface area contributed by atoms with Crippen LogP contribution in [0.25, 0.3) is 0 Å². The number of carboxylic acids is 1. The van der Waals surface area contributed by atoms with Gasteiger partial charge in [-0.3, -0.25) is 10.1 Å².